The molecule has 6 N–H and O–H groups in total. The highest BCUT2D eigenvalue weighted by molar-refractivity contribution is 6.24. The van der Waals surface area contributed by atoms with Crippen molar-refractivity contribution in [1.82, 2.24) is 4.90 Å². The SMILES string of the molecule is C.COC(=O)c1cc(N(C)C)c2c(c1O)C(O)=C1C(=O)[C@]3(O)C(O)=C(C(N)=O)C(=O)C(N(C)C)[C@@H]3C[C@@H]1C2. The number of esters is 1. The lowest BCUT2D eigenvalue weighted by Crippen LogP contribution is -2.65. The van der Waals surface area contributed by atoms with Crippen LogP contribution in [0.15, 0.2) is 23.0 Å². The second-order valence-electron chi connectivity index (χ2n) is 9.99. The van der Waals surface area contributed by atoms with E-state index < -0.39 is 69.8 Å². The van der Waals surface area contributed by atoms with Gasteiger partial charge in [0.2, 0.25) is 5.78 Å². The third-order valence-electron chi connectivity index (χ3n) is 7.58. The van der Waals surface area contributed by atoms with Crippen molar-refractivity contribution in [2.45, 2.75) is 31.9 Å². The molecule has 1 amide bonds. The van der Waals surface area contributed by atoms with Gasteiger partial charge in [-0.1, -0.05) is 7.43 Å². The molecule has 1 aromatic carbocycles. The first kappa shape index (κ1) is 28.7. The Hall–Kier alpha value is -3.90. The second kappa shape index (κ2) is 9.44. The van der Waals surface area contributed by atoms with Crippen LogP contribution in [0.2, 0.25) is 0 Å². The number of benzene rings is 1. The summed E-state index contributed by atoms with van der Waals surface area (Å²) in [6.07, 6.45) is 0.0786. The van der Waals surface area contributed by atoms with E-state index in [1.165, 1.54) is 25.1 Å². The predicted molar refractivity (Wildman–Crippen MR) is 137 cm³/mol. The minimum atomic E-state index is -2.73. The molecule has 1 aromatic rings. The molecule has 38 heavy (non-hydrogen) atoms. The smallest absolute Gasteiger partial charge is 0.341 e. The molecule has 0 aliphatic heterocycles. The van der Waals surface area contributed by atoms with E-state index >= 15 is 0 Å². The fourth-order valence-electron chi connectivity index (χ4n) is 5.96. The van der Waals surface area contributed by atoms with Crippen LogP contribution in [0.4, 0.5) is 5.69 Å². The molecule has 4 rings (SSSR count). The lowest BCUT2D eigenvalue weighted by atomic mass is 9.57. The number of likely N-dealkylation sites (N-methyl/N-ethyl adjacent to an activating group) is 1. The Morgan fingerprint density at radius 1 is 1.13 bits per heavy atom. The zero-order valence-electron chi connectivity index (χ0n) is 21.0. The fourth-order valence-corrected chi connectivity index (χ4v) is 5.96. The van der Waals surface area contributed by atoms with Gasteiger partial charge in [0.25, 0.3) is 5.91 Å². The molecule has 0 spiro atoms. The number of primary amides is 1. The van der Waals surface area contributed by atoms with Crippen molar-refractivity contribution in [3.05, 3.63) is 39.7 Å². The van der Waals surface area contributed by atoms with Crippen LogP contribution in [0.1, 0.15) is 35.3 Å². The standard InChI is InChI=1S/C25H29N3O9.CH4/c1-27(2)13-8-11(24(35)37-5)18(29)15-10(13)6-9-7-12-17(28(3)4)20(31)16(23(26)34)22(33)25(12,36)21(32)14(9)19(15)30;/h8-9,12,17,29-30,33,36H,6-7H2,1-5H3,(H2,26,34);1H4/t9-,12-,17?,25-;/m0./s1. The van der Waals surface area contributed by atoms with Gasteiger partial charge < -0.3 is 35.8 Å². The number of ketones is 2. The number of aliphatic hydroxyl groups is 3. The molecule has 1 fully saturated rings. The first-order chi connectivity index (χ1) is 17.2. The molecule has 12 heteroatoms. The van der Waals surface area contributed by atoms with Gasteiger partial charge >= 0.3 is 5.97 Å². The van der Waals surface area contributed by atoms with Crippen LogP contribution in [0, 0.1) is 11.8 Å². The van der Waals surface area contributed by atoms with Crippen LogP contribution in [0.5, 0.6) is 5.75 Å². The zero-order valence-corrected chi connectivity index (χ0v) is 21.0. The monoisotopic (exact) mass is 531 g/mol. The van der Waals surface area contributed by atoms with Gasteiger partial charge in [-0.3, -0.25) is 19.3 Å². The van der Waals surface area contributed by atoms with Crippen LogP contribution < -0.4 is 10.6 Å². The number of hydrogen-bond donors (Lipinski definition) is 5. The molecule has 3 aliphatic rings. The molecule has 1 unspecified atom stereocenters. The number of anilines is 1. The Balaban J connectivity index is 0.00000400. The summed E-state index contributed by atoms with van der Waals surface area (Å²) in [5.74, 6) is -8.46. The summed E-state index contributed by atoms with van der Waals surface area (Å²) in [6, 6.07) is 0.251. The Labute approximate surface area is 219 Å². The molecule has 1 saturated carbocycles. The molecule has 0 aromatic heterocycles. The Kier molecular flexibility index (Phi) is 7.12. The van der Waals surface area contributed by atoms with Crippen molar-refractivity contribution in [2.75, 3.05) is 40.2 Å². The van der Waals surface area contributed by atoms with Crippen LogP contribution in [-0.4, -0.2) is 95.7 Å². The molecule has 0 heterocycles. The number of rotatable bonds is 4. The van der Waals surface area contributed by atoms with Crippen LogP contribution in [0.25, 0.3) is 5.76 Å². The largest absolute Gasteiger partial charge is 0.508 e. The predicted octanol–water partition coefficient (Wildman–Crippen LogP) is 0.453. The van der Waals surface area contributed by atoms with Gasteiger partial charge in [0, 0.05) is 31.3 Å². The quantitative estimate of drug-likeness (QED) is 0.268. The number of nitrogens with two attached hydrogens (primary N) is 1. The molecular formula is C26H33N3O9. The van der Waals surface area contributed by atoms with Crippen molar-refractivity contribution in [3.8, 4) is 5.75 Å². The molecular weight excluding hydrogens is 498 g/mol. The van der Waals surface area contributed by atoms with E-state index in [4.69, 9.17) is 10.5 Å². The van der Waals surface area contributed by atoms with E-state index in [0.29, 0.717) is 11.3 Å². The van der Waals surface area contributed by atoms with E-state index in [-0.39, 0.29) is 37.0 Å². The lowest BCUT2D eigenvalue weighted by Gasteiger charge is -2.50. The summed E-state index contributed by atoms with van der Waals surface area (Å²) in [5, 5.41) is 44.8. The number of aromatic hydroxyl groups is 1. The van der Waals surface area contributed by atoms with Crippen molar-refractivity contribution >= 4 is 34.9 Å². The number of fused-ring (bicyclic) bond motifs is 3. The van der Waals surface area contributed by atoms with Crippen molar-refractivity contribution in [1.29, 1.82) is 0 Å². The number of carbonyl (C=O) groups excluding carboxylic acids is 4. The fraction of sp³-hybridized carbons (Fsp3) is 0.462. The first-order valence-corrected chi connectivity index (χ1v) is 11.5. The highest BCUT2D eigenvalue weighted by Gasteiger charge is 2.64. The lowest BCUT2D eigenvalue weighted by molar-refractivity contribution is -0.153. The summed E-state index contributed by atoms with van der Waals surface area (Å²) >= 11 is 0. The van der Waals surface area contributed by atoms with Gasteiger partial charge in [0.15, 0.2) is 11.4 Å². The van der Waals surface area contributed by atoms with Gasteiger partial charge in [-0.25, -0.2) is 4.79 Å². The van der Waals surface area contributed by atoms with Gasteiger partial charge in [-0.05, 0) is 44.5 Å². The summed E-state index contributed by atoms with van der Waals surface area (Å²) < 4.78 is 4.74. The Bertz CT molecular complexity index is 1330. The molecule has 0 bridgehead atoms. The van der Waals surface area contributed by atoms with E-state index in [0.717, 1.165) is 7.11 Å². The molecule has 3 aliphatic carbocycles. The van der Waals surface area contributed by atoms with E-state index in [9.17, 15) is 39.6 Å². The summed E-state index contributed by atoms with van der Waals surface area (Å²) in [5.41, 5.74) is 1.91. The van der Waals surface area contributed by atoms with Crippen molar-refractivity contribution in [2.24, 2.45) is 17.6 Å². The number of ether oxygens (including phenoxy) is 1. The maximum absolute atomic E-state index is 13.9. The minimum absolute atomic E-state index is 0. The number of methoxy groups -OCH3 is 1. The number of hydrogen-bond acceptors (Lipinski definition) is 11. The molecule has 0 radical (unpaired) electrons. The topological polar surface area (TPSA) is 191 Å². The highest BCUT2D eigenvalue weighted by atomic mass is 16.5. The van der Waals surface area contributed by atoms with Crippen molar-refractivity contribution < 1.29 is 44.3 Å². The average Bonchev–Trinajstić information content (AvgIpc) is 2.80. The molecule has 0 saturated heterocycles. The maximum Gasteiger partial charge on any atom is 0.341 e. The van der Waals surface area contributed by atoms with Crippen LogP contribution >= 0.6 is 0 Å². The normalized spacial score (nSPS) is 26.3. The second-order valence-corrected chi connectivity index (χ2v) is 9.99. The molecule has 12 nitrogen and oxygen atoms in total. The number of amides is 1. The van der Waals surface area contributed by atoms with E-state index in [2.05, 4.69) is 0 Å². The highest BCUT2D eigenvalue weighted by Crippen LogP contribution is 2.54. The first-order valence-electron chi connectivity index (χ1n) is 11.5. The van der Waals surface area contributed by atoms with E-state index in [1.54, 1.807) is 19.0 Å². The van der Waals surface area contributed by atoms with E-state index in [1.807, 2.05) is 0 Å². The van der Waals surface area contributed by atoms with Gasteiger partial charge in [0.05, 0.1) is 18.7 Å². The summed E-state index contributed by atoms with van der Waals surface area (Å²) in [7, 11) is 7.59. The zero-order chi connectivity index (χ0) is 27.7. The molecule has 4 atom stereocenters. The van der Waals surface area contributed by atoms with Gasteiger partial charge in [-0.2, -0.15) is 0 Å². The number of nitrogens with zero attached hydrogens (tertiary/aromatic N) is 2. The number of phenolic OH excluding ortho intramolecular Hbond substituents is 1. The number of Topliss-reactive ketones (excluding diaryl/α,β-unsaturated/α-hetero) is 2. The Morgan fingerprint density at radius 3 is 2.24 bits per heavy atom. The van der Waals surface area contributed by atoms with Crippen LogP contribution in [0.3, 0.4) is 0 Å². The molecule has 206 valence electrons. The van der Waals surface area contributed by atoms with Crippen LogP contribution in [-0.2, 0) is 25.5 Å². The summed E-state index contributed by atoms with van der Waals surface area (Å²) in [4.78, 5) is 54.5. The maximum atomic E-state index is 13.9. The Morgan fingerprint density at radius 2 is 1.74 bits per heavy atom. The van der Waals surface area contributed by atoms with Crippen molar-refractivity contribution in [3.63, 3.8) is 0 Å². The van der Waals surface area contributed by atoms with Gasteiger partial charge in [-0.15, -0.1) is 0 Å². The third-order valence-corrected chi connectivity index (χ3v) is 7.58. The number of carbonyl (C=O) groups is 4. The third kappa shape index (κ3) is 3.66. The minimum Gasteiger partial charge on any atom is -0.508 e. The number of aliphatic hydroxyl groups excluding tert-OH is 2. The van der Waals surface area contributed by atoms with Gasteiger partial charge in [0.1, 0.15) is 28.4 Å². The number of phenols is 1. The average molecular weight is 532 g/mol. The summed E-state index contributed by atoms with van der Waals surface area (Å²) in [6.45, 7) is 0.